The van der Waals surface area contributed by atoms with E-state index in [2.05, 4.69) is 15.2 Å². The van der Waals surface area contributed by atoms with E-state index in [0.717, 1.165) is 4.57 Å². The Hall–Kier alpha value is -3.02. The highest BCUT2D eigenvalue weighted by molar-refractivity contribution is 6.34. The zero-order valence-corrected chi connectivity index (χ0v) is 19.9. The van der Waals surface area contributed by atoms with Crippen LogP contribution in [0.25, 0.3) is 10.9 Å². The smallest absolute Gasteiger partial charge is 0.369 e. The van der Waals surface area contributed by atoms with Crippen molar-refractivity contribution in [2.24, 2.45) is 11.8 Å². The number of fused-ring (bicyclic) bond motifs is 2. The van der Waals surface area contributed by atoms with Gasteiger partial charge in [0.25, 0.3) is 6.43 Å². The van der Waals surface area contributed by atoms with E-state index in [4.69, 9.17) is 11.6 Å². The monoisotopic (exact) mass is 528 g/mol. The first-order valence-corrected chi connectivity index (χ1v) is 11.8. The first kappa shape index (κ1) is 24.7. The van der Waals surface area contributed by atoms with Crippen molar-refractivity contribution in [2.45, 2.75) is 39.0 Å². The number of carbonyl (C=O) groups excluding carboxylic acids is 1. The van der Waals surface area contributed by atoms with Gasteiger partial charge in [0.05, 0.1) is 22.8 Å². The summed E-state index contributed by atoms with van der Waals surface area (Å²) in [5, 5.41) is 7.96. The number of carbonyl (C=O) groups is 1. The Morgan fingerprint density at radius 3 is 2.64 bits per heavy atom. The largest absolute Gasteiger partial charge is 0.451 e. The fourth-order valence-corrected chi connectivity index (χ4v) is 5.40. The fourth-order valence-electron chi connectivity index (χ4n) is 5.13. The molecule has 4 heterocycles. The summed E-state index contributed by atoms with van der Waals surface area (Å²) in [6, 6.07) is 4.29. The SMILES string of the molecule is C[C@@H]1CN(c2c(Cl)cnc3cc(C(F)F)ccc23)CC[C@@H]1C(=O)N1CCn2c(nnc2C(F)(F)F)C1. The summed E-state index contributed by atoms with van der Waals surface area (Å²) in [7, 11) is 0. The number of piperidine rings is 1. The Kier molecular flexibility index (Phi) is 6.26. The molecule has 192 valence electrons. The van der Waals surface area contributed by atoms with Gasteiger partial charge in [-0.3, -0.25) is 9.78 Å². The molecule has 2 aliphatic heterocycles. The van der Waals surface area contributed by atoms with Crippen molar-refractivity contribution in [2.75, 3.05) is 24.5 Å². The standard InChI is InChI=1S/C23H22ClF5N6O/c1-12-10-33(19-15-3-2-13(20(25)26)8-17(15)30-9-16(19)24)5-4-14(12)21(36)34-6-7-35-18(11-34)31-32-22(35)23(27,28)29/h2-3,8-9,12,14,20H,4-7,10-11H2,1H3/t12-,14+/m1/s1. The van der Waals surface area contributed by atoms with E-state index >= 15 is 0 Å². The van der Waals surface area contributed by atoms with E-state index < -0.39 is 18.4 Å². The number of alkyl halides is 5. The topological polar surface area (TPSA) is 67.2 Å². The van der Waals surface area contributed by atoms with Crippen LogP contribution in [0.15, 0.2) is 24.4 Å². The van der Waals surface area contributed by atoms with Crippen molar-refractivity contribution < 1.29 is 26.7 Å². The molecule has 0 bridgehead atoms. The average molecular weight is 529 g/mol. The minimum absolute atomic E-state index is 0.0185. The lowest BCUT2D eigenvalue weighted by atomic mass is 9.85. The molecule has 36 heavy (non-hydrogen) atoms. The zero-order chi connectivity index (χ0) is 25.8. The quantitative estimate of drug-likeness (QED) is 0.451. The van der Waals surface area contributed by atoms with Gasteiger partial charge in [-0.05, 0) is 18.4 Å². The lowest BCUT2D eigenvalue weighted by Crippen LogP contribution is -2.49. The highest BCUT2D eigenvalue weighted by Crippen LogP contribution is 2.38. The van der Waals surface area contributed by atoms with Gasteiger partial charge >= 0.3 is 6.18 Å². The van der Waals surface area contributed by atoms with Crippen molar-refractivity contribution in [3.05, 3.63) is 46.6 Å². The number of nitrogens with zero attached hydrogens (tertiary/aromatic N) is 6. The molecule has 2 atom stereocenters. The van der Waals surface area contributed by atoms with Crippen molar-refractivity contribution in [3.63, 3.8) is 0 Å². The maximum absolute atomic E-state index is 13.3. The van der Waals surface area contributed by atoms with Gasteiger partial charge in [0, 0.05) is 49.2 Å². The molecular weight excluding hydrogens is 507 g/mol. The van der Waals surface area contributed by atoms with E-state index in [-0.39, 0.29) is 48.8 Å². The molecule has 5 rings (SSSR count). The summed E-state index contributed by atoms with van der Waals surface area (Å²) in [5.74, 6) is -1.47. The van der Waals surface area contributed by atoms with Gasteiger partial charge in [-0.25, -0.2) is 8.78 Å². The van der Waals surface area contributed by atoms with Crippen LogP contribution in [0.2, 0.25) is 5.02 Å². The maximum Gasteiger partial charge on any atom is 0.451 e. The van der Waals surface area contributed by atoms with Crippen LogP contribution in [0.1, 0.15) is 37.0 Å². The third kappa shape index (κ3) is 4.35. The Morgan fingerprint density at radius 2 is 1.94 bits per heavy atom. The van der Waals surface area contributed by atoms with Crippen LogP contribution in [-0.4, -0.2) is 50.2 Å². The highest BCUT2D eigenvalue weighted by atomic mass is 35.5. The molecule has 0 aliphatic carbocycles. The van der Waals surface area contributed by atoms with E-state index in [1.165, 1.54) is 18.3 Å². The summed E-state index contributed by atoms with van der Waals surface area (Å²) in [6.45, 7) is 3.03. The lowest BCUT2D eigenvalue weighted by molar-refractivity contribution is -0.148. The summed E-state index contributed by atoms with van der Waals surface area (Å²) in [4.78, 5) is 21.1. The first-order valence-electron chi connectivity index (χ1n) is 11.4. The molecule has 13 heteroatoms. The van der Waals surface area contributed by atoms with Crippen LogP contribution in [0.5, 0.6) is 0 Å². The molecular formula is C23H22ClF5N6O. The van der Waals surface area contributed by atoms with E-state index in [9.17, 15) is 26.7 Å². The fraction of sp³-hybridized carbons (Fsp3) is 0.478. The molecule has 1 fully saturated rings. The zero-order valence-electron chi connectivity index (χ0n) is 19.1. The van der Waals surface area contributed by atoms with Crippen LogP contribution < -0.4 is 4.90 Å². The number of hydrogen-bond donors (Lipinski definition) is 0. The van der Waals surface area contributed by atoms with Gasteiger partial charge in [0.1, 0.15) is 0 Å². The molecule has 1 saturated heterocycles. The number of anilines is 1. The molecule has 2 aromatic heterocycles. The molecule has 7 nitrogen and oxygen atoms in total. The molecule has 1 aromatic carbocycles. The van der Waals surface area contributed by atoms with Crippen LogP contribution in [0, 0.1) is 11.8 Å². The van der Waals surface area contributed by atoms with E-state index in [1.807, 2.05) is 11.8 Å². The predicted molar refractivity (Wildman–Crippen MR) is 122 cm³/mol. The summed E-state index contributed by atoms with van der Waals surface area (Å²) < 4.78 is 66.6. The van der Waals surface area contributed by atoms with Gasteiger partial charge in [-0.2, -0.15) is 13.2 Å². The molecule has 3 aromatic rings. The third-order valence-corrected chi connectivity index (χ3v) is 7.21. The number of pyridine rings is 1. The minimum Gasteiger partial charge on any atom is -0.369 e. The highest BCUT2D eigenvalue weighted by Gasteiger charge is 2.41. The van der Waals surface area contributed by atoms with Crippen LogP contribution in [-0.2, 0) is 24.1 Å². The number of benzene rings is 1. The van der Waals surface area contributed by atoms with Crippen molar-refractivity contribution >= 4 is 34.1 Å². The van der Waals surface area contributed by atoms with Crippen LogP contribution >= 0.6 is 11.6 Å². The molecule has 0 spiro atoms. The van der Waals surface area contributed by atoms with Gasteiger partial charge in [-0.15, -0.1) is 10.2 Å². The number of hydrogen-bond acceptors (Lipinski definition) is 5. The molecule has 0 N–H and O–H groups in total. The second kappa shape index (κ2) is 9.13. The van der Waals surface area contributed by atoms with Gasteiger partial charge in [0.15, 0.2) is 5.82 Å². The van der Waals surface area contributed by atoms with Crippen LogP contribution in [0.4, 0.5) is 27.6 Å². The third-order valence-electron chi connectivity index (χ3n) is 6.93. The molecule has 1 amide bonds. The van der Waals surface area contributed by atoms with E-state index in [0.29, 0.717) is 41.1 Å². The summed E-state index contributed by atoms with van der Waals surface area (Å²) in [6.07, 6.45) is -5.26. The Labute approximate surface area is 207 Å². The predicted octanol–water partition coefficient (Wildman–Crippen LogP) is 4.94. The summed E-state index contributed by atoms with van der Waals surface area (Å²) >= 11 is 6.47. The molecule has 0 unspecified atom stereocenters. The summed E-state index contributed by atoms with van der Waals surface area (Å²) in [5.41, 5.74) is 0.973. The molecule has 0 saturated carbocycles. The van der Waals surface area contributed by atoms with Gasteiger partial charge in [0.2, 0.25) is 11.7 Å². The number of halogens is 6. The number of amides is 1. The Balaban J connectivity index is 1.32. The lowest BCUT2D eigenvalue weighted by Gasteiger charge is -2.40. The normalized spacial score (nSPS) is 20.8. The van der Waals surface area contributed by atoms with Crippen molar-refractivity contribution in [1.82, 2.24) is 24.6 Å². The molecule has 0 radical (unpaired) electrons. The second-order valence-corrected chi connectivity index (χ2v) is 9.61. The molecule has 2 aliphatic rings. The maximum atomic E-state index is 13.3. The first-order chi connectivity index (χ1) is 17.0. The number of rotatable bonds is 3. The van der Waals surface area contributed by atoms with Crippen molar-refractivity contribution in [3.8, 4) is 0 Å². The minimum atomic E-state index is -4.60. The van der Waals surface area contributed by atoms with Gasteiger partial charge in [-0.1, -0.05) is 30.7 Å². The average Bonchev–Trinajstić information content (AvgIpc) is 3.27. The Bertz CT molecular complexity index is 1310. The number of aromatic nitrogens is 4. The van der Waals surface area contributed by atoms with Crippen LogP contribution in [0.3, 0.4) is 0 Å². The second-order valence-electron chi connectivity index (χ2n) is 9.20. The Morgan fingerprint density at radius 1 is 1.17 bits per heavy atom. The van der Waals surface area contributed by atoms with Gasteiger partial charge < -0.3 is 14.4 Å². The van der Waals surface area contributed by atoms with Crippen molar-refractivity contribution in [1.29, 1.82) is 0 Å². The van der Waals surface area contributed by atoms with E-state index in [1.54, 1.807) is 11.0 Å².